The van der Waals surface area contributed by atoms with Crippen LogP contribution in [0.3, 0.4) is 0 Å². The van der Waals surface area contributed by atoms with Crippen LogP contribution in [0, 0.1) is 0 Å². The minimum absolute atomic E-state index is 0.148. The molecule has 6 nitrogen and oxygen atoms in total. The number of hydrogen-bond acceptors (Lipinski definition) is 6. The second kappa shape index (κ2) is 6.78. The highest BCUT2D eigenvalue weighted by Gasteiger charge is 2.40. The Morgan fingerprint density at radius 1 is 1.22 bits per heavy atom. The van der Waals surface area contributed by atoms with Crippen LogP contribution in [0.5, 0.6) is 5.75 Å². The molecule has 0 N–H and O–H groups in total. The average Bonchev–Trinajstić information content (AvgIpc) is 2.84. The van der Waals surface area contributed by atoms with Gasteiger partial charge in [0.1, 0.15) is 11.0 Å². The maximum Gasteiger partial charge on any atom is 0.247 e. The molecule has 2 heterocycles. The summed E-state index contributed by atoms with van der Waals surface area (Å²) in [5.41, 5.74) is 0.556. The monoisotopic (exact) mass is 329 g/mol. The molecule has 1 aliphatic heterocycles. The number of rotatable bonds is 5. The quantitative estimate of drug-likeness (QED) is 0.619. The molecule has 23 heavy (non-hydrogen) atoms. The summed E-state index contributed by atoms with van der Waals surface area (Å²) in [4.78, 5) is 34.1. The highest BCUT2D eigenvalue weighted by molar-refractivity contribution is 8.00. The van der Waals surface area contributed by atoms with Gasteiger partial charge in [0.05, 0.1) is 12.3 Å². The fourth-order valence-electron chi connectivity index (χ4n) is 2.30. The number of nitrogens with zero attached hydrogens (tertiary/aromatic N) is 3. The van der Waals surface area contributed by atoms with E-state index in [1.165, 1.54) is 16.7 Å². The predicted octanol–water partition coefficient (Wildman–Crippen LogP) is 2.30. The molecule has 7 heteroatoms. The normalized spacial score (nSPS) is 17.6. The standard InChI is InChI=1S/C16H15N3O3S/c1-2-22-12-6-4-11(5-7-12)19-14(20)10-13(15(19)21)23-16-17-8-3-9-18-16/h3-9,13H,2,10H2,1H3/t13-/m1/s1. The van der Waals surface area contributed by atoms with Crippen molar-refractivity contribution in [2.24, 2.45) is 0 Å². The SMILES string of the molecule is CCOc1ccc(N2C(=O)C[C@@H](Sc3ncccn3)C2=O)cc1. The van der Waals surface area contributed by atoms with Crippen molar-refractivity contribution in [3.05, 3.63) is 42.7 Å². The third-order valence-electron chi connectivity index (χ3n) is 3.30. The molecule has 1 atom stereocenters. The third kappa shape index (κ3) is 3.34. The molecule has 1 saturated heterocycles. The van der Waals surface area contributed by atoms with Gasteiger partial charge in [0.2, 0.25) is 11.8 Å². The minimum atomic E-state index is -0.489. The lowest BCUT2D eigenvalue weighted by Gasteiger charge is -2.15. The first-order valence-electron chi connectivity index (χ1n) is 7.22. The summed E-state index contributed by atoms with van der Waals surface area (Å²) >= 11 is 1.21. The average molecular weight is 329 g/mol. The molecule has 0 bridgehead atoms. The summed E-state index contributed by atoms with van der Waals surface area (Å²) in [6.45, 7) is 2.46. The maximum absolute atomic E-state index is 12.5. The van der Waals surface area contributed by atoms with E-state index in [0.717, 1.165) is 0 Å². The Bertz CT molecular complexity index is 706. The van der Waals surface area contributed by atoms with Gasteiger partial charge in [-0.25, -0.2) is 14.9 Å². The summed E-state index contributed by atoms with van der Waals surface area (Å²) in [5.74, 6) is 0.253. The van der Waals surface area contributed by atoms with Crippen LogP contribution >= 0.6 is 11.8 Å². The second-order valence-electron chi connectivity index (χ2n) is 4.84. The minimum Gasteiger partial charge on any atom is -0.494 e. The van der Waals surface area contributed by atoms with Gasteiger partial charge in [-0.1, -0.05) is 11.8 Å². The van der Waals surface area contributed by atoms with Gasteiger partial charge in [-0.15, -0.1) is 0 Å². The topological polar surface area (TPSA) is 72.4 Å². The van der Waals surface area contributed by atoms with E-state index in [1.807, 2.05) is 6.92 Å². The molecule has 0 unspecified atom stereocenters. The summed E-state index contributed by atoms with van der Waals surface area (Å²) in [6.07, 6.45) is 3.37. The fourth-order valence-corrected chi connectivity index (χ4v) is 3.23. The first kappa shape index (κ1) is 15.5. The second-order valence-corrected chi connectivity index (χ2v) is 6.01. The summed E-state index contributed by atoms with van der Waals surface area (Å²) in [7, 11) is 0. The van der Waals surface area contributed by atoms with E-state index < -0.39 is 5.25 Å². The molecule has 0 aliphatic carbocycles. The molecule has 0 spiro atoms. The number of ether oxygens (including phenoxy) is 1. The lowest BCUT2D eigenvalue weighted by Crippen LogP contribution is -2.31. The van der Waals surface area contributed by atoms with Gasteiger partial charge >= 0.3 is 0 Å². The van der Waals surface area contributed by atoms with Gasteiger partial charge in [0.25, 0.3) is 0 Å². The van der Waals surface area contributed by atoms with Crippen LogP contribution in [0.2, 0.25) is 0 Å². The van der Waals surface area contributed by atoms with E-state index in [4.69, 9.17) is 4.74 Å². The van der Waals surface area contributed by atoms with Gasteiger partial charge in [-0.2, -0.15) is 0 Å². The third-order valence-corrected chi connectivity index (χ3v) is 4.38. The molecule has 1 aromatic heterocycles. The highest BCUT2D eigenvalue weighted by atomic mass is 32.2. The van der Waals surface area contributed by atoms with E-state index in [-0.39, 0.29) is 18.2 Å². The van der Waals surface area contributed by atoms with Gasteiger partial charge in [0, 0.05) is 18.8 Å². The maximum atomic E-state index is 12.5. The zero-order chi connectivity index (χ0) is 16.2. The first-order valence-corrected chi connectivity index (χ1v) is 8.10. The van der Waals surface area contributed by atoms with Crippen LogP contribution in [0.4, 0.5) is 5.69 Å². The lowest BCUT2D eigenvalue weighted by molar-refractivity contribution is -0.121. The number of aromatic nitrogens is 2. The molecule has 1 aliphatic rings. The molecule has 2 amide bonds. The van der Waals surface area contributed by atoms with Crippen LogP contribution < -0.4 is 9.64 Å². The fraction of sp³-hybridized carbons (Fsp3) is 0.250. The van der Waals surface area contributed by atoms with Crippen molar-refractivity contribution < 1.29 is 14.3 Å². The molecular weight excluding hydrogens is 314 g/mol. The van der Waals surface area contributed by atoms with E-state index in [2.05, 4.69) is 9.97 Å². The molecule has 2 aromatic rings. The van der Waals surface area contributed by atoms with E-state index >= 15 is 0 Å². The van der Waals surface area contributed by atoms with Gasteiger partial charge in [0.15, 0.2) is 5.16 Å². The number of thioether (sulfide) groups is 1. The Labute approximate surface area is 137 Å². The Hall–Kier alpha value is -2.41. The van der Waals surface area contributed by atoms with Crippen LogP contribution in [0.1, 0.15) is 13.3 Å². The molecule has 1 aromatic carbocycles. The van der Waals surface area contributed by atoms with Crippen molar-refractivity contribution in [1.82, 2.24) is 9.97 Å². The van der Waals surface area contributed by atoms with Crippen LogP contribution in [0.15, 0.2) is 47.9 Å². The largest absolute Gasteiger partial charge is 0.494 e. The number of hydrogen-bond donors (Lipinski definition) is 0. The Balaban J connectivity index is 1.76. The number of imide groups is 1. The van der Waals surface area contributed by atoms with Gasteiger partial charge < -0.3 is 4.74 Å². The van der Waals surface area contributed by atoms with E-state index in [0.29, 0.717) is 23.2 Å². The van der Waals surface area contributed by atoms with Crippen LogP contribution in [0.25, 0.3) is 0 Å². The van der Waals surface area contributed by atoms with Crippen molar-refractivity contribution in [1.29, 1.82) is 0 Å². The Kier molecular flexibility index (Phi) is 4.57. The number of anilines is 1. The van der Waals surface area contributed by atoms with Crippen molar-refractivity contribution in [2.75, 3.05) is 11.5 Å². The highest BCUT2D eigenvalue weighted by Crippen LogP contribution is 2.32. The zero-order valence-electron chi connectivity index (χ0n) is 12.5. The Morgan fingerprint density at radius 3 is 2.57 bits per heavy atom. The smallest absolute Gasteiger partial charge is 0.247 e. The van der Waals surface area contributed by atoms with E-state index in [1.54, 1.807) is 42.7 Å². The number of carbonyl (C=O) groups is 2. The van der Waals surface area contributed by atoms with Crippen molar-refractivity contribution >= 4 is 29.3 Å². The molecule has 118 valence electrons. The van der Waals surface area contributed by atoms with E-state index in [9.17, 15) is 9.59 Å². The van der Waals surface area contributed by atoms with Crippen molar-refractivity contribution in [3.8, 4) is 5.75 Å². The van der Waals surface area contributed by atoms with Crippen molar-refractivity contribution in [3.63, 3.8) is 0 Å². The number of amides is 2. The molecule has 1 fully saturated rings. The van der Waals surface area contributed by atoms with Crippen molar-refractivity contribution in [2.45, 2.75) is 23.8 Å². The number of carbonyl (C=O) groups excluding carboxylic acids is 2. The molecule has 0 radical (unpaired) electrons. The molecule has 3 rings (SSSR count). The van der Waals surface area contributed by atoms with Crippen LogP contribution in [-0.4, -0.2) is 33.6 Å². The van der Waals surface area contributed by atoms with Crippen LogP contribution in [-0.2, 0) is 9.59 Å². The van der Waals surface area contributed by atoms with Gasteiger partial charge in [-0.3, -0.25) is 9.59 Å². The molecular formula is C16H15N3O3S. The van der Waals surface area contributed by atoms with Gasteiger partial charge in [-0.05, 0) is 37.3 Å². The summed E-state index contributed by atoms with van der Waals surface area (Å²) in [5, 5.41) is 0.00339. The number of benzene rings is 1. The predicted molar refractivity (Wildman–Crippen MR) is 86.4 cm³/mol. The molecule has 0 saturated carbocycles. The zero-order valence-corrected chi connectivity index (χ0v) is 13.3. The summed E-state index contributed by atoms with van der Waals surface area (Å²) in [6, 6.07) is 8.64. The summed E-state index contributed by atoms with van der Waals surface area (Å²) < 4.78 is 5.37. The Morgan fingerprint density at radius 2 is 1.91 bits per heavy atom. The first-order chi connectivity index (χ1) is 11.2. The lowest BCUT2D eigenvalue weighted by atomic mass is 10.3.